The molecule has 0 aliphatic heterocycles. The van der Waals surface area contributed by atoms with Gasteiger partial charge in [-0.25, -0.2) is 0 Å². The van der Waals surface area contributed by atoms with E-state index < -0.39 is 9.05 Å². The molecule has 7 nitrogen and oxygen atoms in total. The molecule has 0 unspecified atom stereocenters. The Balaban J connectivity index is -0.0000000417. The van der Waals surface area contributed by atoms with E-state index in [-0.39, 0.29) is 16.4 Å². The summed E-state index contributed by atoms with van der Waals surface area (Å²) in [6, 6.07) is 0. The second kappa shape index (κ2) is 8.47. The van der Waals surface area contributed by atoms with Crippen molar-refractivity contribution in [2.75, 3.05) is 0 Å². The molecule has 0 atom stereocenters. The second-order valence-corrected chi connectivity index (χ2v) is 2.78. The van der Waals surface area contributed by atoms with Gasteiger partial charge in [0.2, 0.25) is 0 Å². The molecule has 0 spiro atoms. The first-order valence-corrected chi connectivity index (χ1v) is 3.33. The van der Waals surface area contributed by atoms with E-state index in [9.17, 15) is 0 Å². The molecule has 0 fully saturated rings. The van der Waals surface area contributed by atoms with E-state index in [4.69, 9.17) is 14.4 Å². The fraction of sp³-hybridized carbons (Fsp3) is 0. The van der Waals surface area contributed by atoms with Crippen LogP contribution < -0.4 is 0 Å². The standard InChI is InChI=1S/Al.H3O4Si.3H2O/c;1-5(2,3)4;;;/h;1-3H;3*1H2/q;-1;;;. The van der Waals surface area contributed by atoms with E-state index in [2.05, 4.69) is 3.48 Å². The first kappa shape index (κ1) is 22.7. The SMILES string of the molecule is O.O.O.O[Si](O)(O)[O][Al-]. The van der Waals surface area contributed by atoms with Crippen LogP contribution in [0.4, 0.5) is 0 Å². The summed E-state index contributed by atoms with van der Waals surface area (Å²) in [7, 11) is -4.17. The highest BCUT2D eigenvalue weighted by Crippen LogP contribution is 1.79. The van der Waals surface area contributed by atoms with E-state index in [1.54, 1.807) is 0 Å². The Morgan fingerprint density at radius 1 is 1.00 bits per heavy atom. The molecule has 0 rings (SSSR count). The van der Waals surface area contributed by atoms with Gasteiger partial charge in [0.05, 0.1) is 0 Å². The van der Waals surface area contributed by atoms with Crippen LogP contribution in [0.15, 0.2) is 0 Å². The average Bonchev–Trinajstić information content (AvgIpc) is 1.35. The van der Waals surface area contributed by atoms with Crippen molar-refractivity contribution in [3.05, 3.63) is 0 Å². The molecule has 0 aromatic carbocycles. The van der Waals surface area contributed by atoms with Gasteiger partial charge in [-0.05, 0) is 0 Å². The minimum atomic E-state index is -4.17. The van der Waals surface area contributed by atoms with Crippen LogP contribution in [0.25, 0.3) is 0 Å². The molecule has 0 heterocycles. The molecule has 0 amide bonds. The van der Waals surface area contributed by atoms with E-state index in [1.807, 2.05) is 0 Å². The highest BCUT2D eigenvalue weighted by Gasteiger charge is 2.18. The van der Waals surface area contributed by atoms with Gasteiger partial charge < -0.3 is 50.9 Å². The third-order valence-electron chi connectivity index (χ3n) is 0.158. The summed E-state index contributed by atoms with van der Waals surface area (Å²) in [6.07, 6.45) is 0. The lowest BCUT2D eigenvalue weighted by molar-refractivity contribution is 0.134. The van der Waals surface area contributed by atoms with Gasteiger partial charge in [-0.2, -0.15) is 0 Å². The van der Waals surface area contributed by atoms with Gasteiger partial charge in [0, 0.05) is 0 Å². The molecule has 0 aliphatic rings. The largest absolute Gasteiger partial charge is 0.734 e. The Bertz CT molecular complexity index is 38.7. The van der Waals surface area contributed by atoms with Gasteiger partial charge in [0.1, 0.15) is 0 Å². The fourth-order valence-corrected chi connectivity index (χ4v) is 0. The summed E-state index contributed by atoms with van der Waals surface area (Å²) in [5.74, 6) is 0. The summed E-state index contributed by atoms with van der Waals surface area (Å²) in [5.41, 5.74) is 0. The zero-order valence-corrected chi connectivity index (χ0v) is 6.48. The molecule has 0 aromatic heterocycles. The molecule has 0 saturated carbocycles. The second-order valence-electron chi connectivity index (χ2n) is 0.692. The van der Waals surface area contributed by atoms with Crippen LogP contribution in [-0.2, 0) is 3.48 Å². The third-order valence-corrected chi connectivity index (χ3v) is 1.42. The van der Waals surface area contributed by atoms with Crippen molar-refractivity contribution < 1.29 is 34.3 Å². The molecule has 9 N–H and O–H groups in total. The lowest BCUT2D eigenvalue weighted by Crippen LogP contribution is -2.37. The Hall–Kier alpha value is 0.469. The maximum Gasteiger partial charge on any atom is 0.604 e. The van der Waals surface area contributed by atoms with E-state index in [0.717, 1.165) is 0 Å². The fourth-order valence-electron chi connectivity index (χ4n) is 0. The van der Waals surface area contributed by atoms with Crippen molar-refractivity contribution in [3.8, 4) is 0 Å². The van der Waals surface area contributed by atoms with E-state index >= 15 is 0 Å². The zero-order chi connectivity index (χ0) is 5.21. The van der Waals surface area contributed by atoms with Gasteiger partial charge in [-0.1, -0.05) is 0 Å². The quantitative estimate of drug-likeness (QED) is 0.340. The van der Waals surface area contributed by atoms with Crippen molar-refractivity contribution in [2.24, 2.45) is 0 Å². The number of rotatable bonds is 1. The predicted molar refractivity (Wildman–Crippen MR) is 30.1 cm³/mol. The Kier molecular flexibility index (Phi) is 21.4. The van der Waals surface area contributed by atoms with Crippen LogP contribution in [0.5, 0.6) is 0 Å². The van der Waals surface area contributed by atoms with Crippen LogP contribution in [0.1, 0.15) is 0 Å². The van der Waals surface area contributed by atoms with Gasteiger partial charge in [0.25, 0.3) is 0 Å². The van der Waals surface area contributed by atoms with Gasteiger partial charge in [-0.3, -0.25) is 0 Å². The van der Waals surface area contributed by atoms with Crippen molar-refractivity contribution in [1.29, 1.82) is 0 Å². The maximum atomic E-state index is 7.83. The minimum absolute atomic E-state index is 0. The summed E-state index contributed by atoms with van der Waals surface area (Å²) < 4.78 is 3.66. The highest BCUT2D eigenvalue weighted by molar-refractivity contribution is 6.52. The highest BCUT2D eigenvalue weighted by atomic mass is 28.4. The molecule has 59 valence electrons. The Morgan fingerprint density at radius 3 is 1.11 bits per heavy atom. The van der Waals surface area contributed by atoms with E-state index in [0.29, 0.717) is 0 Å². The maximum absolute atomic E-state index is 7.83. The first-order valence-electron chi connectivity index (χ1n) is 1.11. The van der Waals surface area contributed by atoms with E-state index in [1.165, 1.54) is 16.6 Å². The van der Waals surface area contributed by atoms with Crippen LogP contribution in [0.3, 0.4) is 0 Å². The van der Waals surface area contributed by atoms with Gasteiger partial charge >= 0.3 is 9.05 Å². The Morgan fingerprint density at radius 2 is 1.11 bits per heavy atom. The number of hydrogen-bond donors (Lipinski definition) is 3. The summed E-state index contributed by atoms with van der Waals surface area (Å²) in [6.45, 7) is 0. The smallest absolute Gasteiger partial charge is 0.604 e. The summed E-state index contributed by atoms with van der Waals surface area (Å²) >= 11 is 1.54. The number of hydrogen-bond acceptors (Lipinski definition) is 4. The lowest BCUT2D eigenvalue weighted by Gasteiger charge is -2.18. The monoisotopic (exact) mass is 176 g/mol. The van der Waals surface area contributed by atoms with Crippen LogP contribution in [0.2, 0.25) is 0 Å². The average molecular weight is 176 g/mol. The summed E-state index contributed by atoms with van der Waals surface area (Å²) in [5, 5.41) is 0. The Labute approximate surface area is 60.7 Å². The van der Waals surface area contributed by atoms with Gasteiger partial charge in [-0.15, -0.1) is 0 Å². The van der Waals surface area contributed by atoms with Gasteiger partial charge in [0.15, 0.2) is 0 Å². The normalized spacial score (nSPS) is 8.00. The van der Waals surface area contributed by atoms with Crippen LogP contribution >= 0.6 is 0 Å². The molecule has 9 heavy (non-hydrogen) atoms. The molecule has 9 heteroatoms. The zero-order valence-electron chi connectivity index (χ0n) is 4.33. The molecular weight excluding hydrogens is 167 g/mol. The van der Waals surface area contributed by atoms with Crippen molar-refractivity contribution in [2.45, 2.75) is 0 Å². The van der Waals surface area contributed by atoms with Crippen molar-refractivity contribution >= 4 is 25.7 Å². The molecule has 3 radical (unpaired) electrons. The molecule has 0 bridgehead atoms. The van der Waals surface area contributed by atoms with Crippen molar-refractivity contribution in [1.82, 2.24) is 0 Å². The van der Waals surface area contributed by atoms with Crippen LogP contribution in [0, 0.1) is 0 Å². The predicted octanol–water partition coefficient (Wildman–Crippen LogP) is -4.98. The molecule has 0 aliphatic carbocycles. The molecular formula is H9AlO7Si-. The first-order chi connectivity index (χ1) is 2.56. The molecule has 0 aromatic rings. The third kappa shape index (κ3) is 29.4. The topological polar surface area (TPSA) is 164 Å². The van der Waals surface area contributed by atoms with Crippen molar-refractivity contribution in [3.63, 3.8) is 0 Å². The summed E-state index contributed by atoms with van der Waals surface area (Å²) in [4.78, 5) is 23.5. The molecule has 0 saturated heterocycles. The lowest BCUT2D eigenvalue weighted by atomic mass is 15.7. The van der Waals surface area contributed by atoms with Crippen LogP contribution in [-0.4, -0.2) is 56.5 Å². The minimum Gasteiger partial charge on any atom is -0.734 e.